The Labute approximate surface area is 116 Å². The first kappa shape index (κ1) is 14.7. The first-order valence-electron chi connectivity index (χ1n) is 6.55. The topological polar surface area (TPSA) is 47.6 Å². The van der Waals surface area contributed by atoms with Gasteiger partial charge in [0, 0.05) is 12.7 Å². The molecule has 0 spiro atoms. The molecule has 4 nitrogen and oxygen atoms in total. The monoisotopic (exact) mass is 285 g/mol. The van der Waals surface area contributed by atoms with Crippen molar-refractivity contribution in [1.82, 2.24) is 5.32 Å². The first-order valence-corrected chi connectivity index (χ1v) is 6.55. The van der Waals surface area contributed by atoms with Crippen LogP contribution >= 0.6 is 0 Å². The second-order valence-corrected chi connectivity index (χ2v) is 4.77. The van der Waals surface area contributed by atoms with Crippen molar-refractivity contribution in [3.05, 3.63) is 29.8 Å². The highest BCUT2D eigenvalue weighted by atomic mass is 19.1. The minimum absolute atomic E-state index is 0.0153. The summed E-state index contributed by atoms with van der Waals surface area (Å²) in [4.78, 5) is 11.7. The van der Waals surface area contributed by atoms with Crippen molar-refractivity contribution >= 4 is 5.91 Å². The molecule has 1 aromatic carbocycles. The van der Waals surface area contributed by atoms with E-state index in [-0.39, 0.29) is 30.4 Å². The molecular weight excluding hydrogens is 268 g/mol. The molecule has 1 aliphatic rings. The maximum atomic E-state index is 13.3. The lowest BCUT2D eigenvalue weighted by Gasteiger charge is -2.20. The van der Waals surface area contributed by atoms with Gasteiger partial charge in [-0.05, 0) is 31.9 Å². The van der Waals surface area contributed by atoms with Crippen molar-refractivity contribution < 1.29 is 23.0 Å². The van der Waals surface area contributed by atoms with Crippen molar-refractivity contribution in [2.24, 2.45) is 0 Å². The Kier molecular flexibility index (Phi) is 4.89. The van der Waals surface area contributed by atoms with Gasteiger partial charge in [-0.1, -0.05) is 0 Å². The number of ether oxygens (including phenoxy) is 2. The molecule has 1 aliphatic heterocycles. The fraction of sp³-hybridized carbons (Fsp3) is 0.500. The number of carbonyl (C=O) groups excluding carboxylic acids is 1. The third-order valence-electron chi connectivity index (χ3n) is 3.16. The molecule has 1 fully saturated rings. The maximum Gasteiger partial charge on any atom is 0.258 e. The number of rotatable bonds is 5. The summed E-state index contributed by atoms with van der Waals surface area (Å²) in [6.45, 7) is 2.24. The molecule has 0 radical (unpaired) electrons. The molecule has 6 heteroatoms. The summed E-state index contributed by atoms with van der Waals surface area (Å²) in [7, 11) is 0. The van der Waals surface area contributed by atoms with Crippen LogP contribution in [0, 0.1) is 11.6 Å². The van der Waals surface area contributed by atoms with Gasteiger partial charge in [-0.15, -0.1) is 0 Å². The molecule has 1 N–H and O–H groups in total. The van der Waals surface area contributed by atoms with Crippen molar-refractivity contribution in [1.29, 1.82) is 0 Å². The fourth-order valence-corrected chi connectivity index (χ4v) is 2.12. The third kappa shape index (κ3) is 3.90. The molecule has 20 heavy (non-hydrogen) atoms. The van der Waals surface area contributed by atoms with Crippen LogP contribution in [0.1, 0.15) is 19.8 Å². The highest BCUT2D eigenvalue weighted by molar-refractivity contribution is 5.77. The van der Waals surface area contributed by atoms with Gasteiger partial charge in [-0.3, -0.25) is 4.79 Å². The molecule has 1 amide bonds. The quantitative estimate of drug-likeness (QED) is 0.900. The van der Waals surface area contributed by atoms with Crippen LogP contribution in [0.15, 0.2) is 18.2 Å². The van der Waals surface area contributed by atoms with E-state index in [0.717, 1.165) is 25.0 Å². The molecule has 2 rings (SSSR count). The molecule has 1 heterocycles. The lowest BCUT2D eigenvalue weighted by atomic mass is 10.1. The lowest BCUT2D eigenvalue weighted by Crippen LogP contribution is -2.42. The van der Waals surface area contributed by atoms with E-state index in [0.29, 0.717) is 12.7 Å². The Morgan fingerprint density at radius 2 is 2.35 bits per heavy atom. The minimum Gasteiger partial charge on any atom is -0.481 e. The number of amides is 1. The van der Waals surface area contributed by atoms with Crippen LogP contribution in [0.4, 0.5) is 8.78 Å². The summed E-state index contributed by atoms with van der Waals surface area (Å²) in [5.74, 6) is -2.03. The van der Waals surface area contributed by atoms with Gasteiger partial charge < -0.3 is 14.8 Å². The van der Waals surface area contributed by atoms with E-state index >= 15 is 0 Å². The molecule has 0 bridgehead atoms. The molecular formula is C14H17F2NO3. The zero-order valence-electron chi connectivity index (χ0n) is 11.2. The van der Waals surface area contributed by atoms with Crippen LogP contribution in [0.3, 0.4) is 0 Å². The smallest absolute Gasteiger partial charge is 0.258 e. The molecule has 110 valence electrons. The predicted molar refractivity (Wildman–Crippen MR) is 68.4 cm³/mol. The second kappa shape index (κ2) is 6.65. The third-order valence-corrected chi connectivity index (χ3v) is 3.16. The van der Waals surface area contributed by atoms with Crippen molar-refractivity contribution in [2.45, 2.75) is 31.9 Å². The van der Waals surface area contributed by atoms with E-state index in [1.807, 2.05) is 6.92 Å². The molecule has 1 aromatic rings. The highest BCUT2D eigenvalue weighted by Crippen LogP contribution is 2.18. The van der Waals surface area contributed by atoms with Gasteiger partial charge in [0.25, 0.3) is 5.91 Å². The summed E-state index contributed by atoms with van der Waals surface area (Å²) in [6, 6.07) is 2.82. The standard InChI is InChI=1S/C14H17F2NO3/c1-9(12-3-2-6-19-12)17-14(18)8-20-13-5-4-10(15)7-11(13)16/h4-5,7,9,12H,2-3,6,8H2,1H3,(H,17,18). The Hall–Kier alpha value is -1.69. The van der Waals surface area contributed by atoms with Crippen LogP contribution < -0.4 is 10.1 Å². The normalized spacial score (nSPS) is 19.6. The average molecular weight is 285 g/mol. The predicted octanol–water partition coefficient (Wildman–Crippen LogP) is 2.03. The van der Waals surface area contributed by atoms with Crippen LogP contribution in [-0.4, -0.2) is 31.3 Å². The van der Waals surface area contributed by atoms with Gasteiger partial charge in [-0.25, -0.2) is 8.78 Å². The second-order valence-electron chi connectivity index (χ2n) is 4.77. The van der Waals surface area contributed by atoms with Crippen LogP contribution in [0.25, 0.3) is 0 Å². The lowest BCUT2D eigenvalue weighted by molar-refractivity contribution is -0.124. The molecule has 1 saturated heterocycles. The summed E-state index contributed by atoms with van der Waals surface area (Å²) in [5, 5.41) is 2.74. The average Bonchev–Trinajstić information content (AvgIpc) is 2.91. The Bertz CT molecular complexity index is 475. The summed E-state index contributed by atoms with van der Waals surface area (Å²) >= 11 is 0. The Morgan fingerprint density at radius 3 is 3.00 bits per heavy atom. The van der Waals surface area contributed by atoms with E-state index in [1.54, 1.807) is 0 Å². The highest BCUT2D eigenvalue weighted by Gasteiger charge is 2.23. The van der Waals surface area contributed by atoms with Gasteiger partial charge in [-0.2, -0.15) is 0 Å². The van der Waals surface area contributed by atoms with Gasteiger partial charge in [0.15, 0.2) is 18.2 Å². The van der Waals surface area contributed by atoms with Crippen LogP contribution in [0.2, 0.25) is 0 Å². The largest absolute Gasteiger partial charge is 0.481 e. The van der Waals surface area contributed by atoms with Gasteiger partial charge in [0.2, 0.25) is 0 Å². The number of nitrogens with one attached hydrogen (secondary N) is 1. The number of carbonyl (C=O) groups is 1. The molecule has 0 saturated carbocycles. The van der Waals surface area contributed by atoms with E-state index in [1.165, 1.54) is 0 Å². The summed E-state index contributed by atoms with van der Waals surface area (Å²) in [6.07, 6.45) is 1.92. The number of hydrogen-bond acceptors (Lipinski definition) is 3. The molecule has 0 aliphatic carbocycles. The zero-order chi connectivity index (χ0) is 14.5. The first-order chi connectivity index (χ1) is 9.56. The van der Waals surface area contributed by atoms with Crippen molar-refractivity contribution in [3.8, 4) is 5.75 Å². The summed E-state index contributed by atoms with van der Waals surface area (Å²) in [5.41, 5.74) is 0. The van der Waals surface area contributed by atoms with Gasteiger partial charge in [0.05, 0.1) is 12.1 Å². The van der Waals surface area contributed by atoms with E-state index < -0.39 is 11.6 Å². The van der Waals surface area contributed by atoms with E-state index in [9.17, 15) is 13.6 Å². The summed E-state index contributed by atoms with van der Waals surface area (Å²) < 4.78 is 36.5. The van der Waals surface area contributed by atoms with Crippen molar-refractivity contribution in [3.63, 3.8) is 0 Å². The van der Waals surface area contributed by atoms with Crippen LogP contribution in [0.5, 0.6) is 5.75 Å². The van der Waals surface area contributed by atoms with Crippen LogP contribution in [-0.2, 0) is 9.53 Å². The van der Waals surface area contributed by atoms with E-state index in [4.69, 9.17) is 9.47 Å². The fourth-order valence-electron chi connectivity index (χ4n) is 2.12. The molecule has 0 aromatic heterocycles. The molecule has 2 unspecified atom stereocenters. The van der Waals surface area contributed by atoms with Gasteiger partial charge in [0.1, 0.15) is 5.82 Å². The van der Waals surface area contributed by atoms with E-state index in [2.05, 4.69) is 5.32 Å². The van der Waals surface area contributed by atoms with Gasteiger partial charge >= 0.3 is 0 Å². The van der Waals surface area contributed by atoms with Crippen molar-refractivity contribution in [2.75, 3.05) is 13.2 Å². The SMILES string of the molecule is CC(NC(=O)COc1ccc(F)cc1F)C1CCCO1. The minimum atomic E-state index is -0.829. The Balaban J connectivity index is 1.79. The maximum absolute atomic E-state index is 13.3. The number of benzene rings is 1. The Morgan fingerprint density at radius 1 is 1.55 bits per heavy atom. The molecule has 2 atom stereocenters. The number of hydrogen-bond donors (Lipinski definition) is 1. The number of halogens is 2. The zero-order valence-corrected chi connectivity index (χ0v) is 11.2.